The molecule has 3 aliphatic rings. The smallest absolute Gasteiger partial charge is 0.337 e. The van der Waals surface area contributed by atoms with Gasteiger partial charge >= 0.3 is 5.97 Å². The molecule has 3 aliphatic heterocycles. The molecule has 44 heavy (non-hydrogen) atoms. The van der Waals surface area contributed by atoms with Crippen LogP contribution in [0.1, 0.15) is 122 Å². The van der Waals surface area contributed by atoms with Gasteiger partial charge in [-0.3, -0.25) is 4.79 Å². The van der Waals surface area contributed by atoms with Gasteiger partial charge in [-0.1, -0.05) is 83.2 Å². The van der Waals surface area contributed by atoms with Gasteiger partial charge < -0.3 is 29.0 Å². The number of cyclic esters (lactones) is 1. The lowest BCUT2D eigenvalue weighted by Crippen LogP contribution is -2.68. The number of nitrogens with one attached hydrogen (secondary N) is 1. The Morgan fingerprint density at radius 1 is 0.864 bits per heavy atom. The zero-order chi connectivity index (χ0) is 31.7. The highest BCUT2D eigenvalue weighted by molar-refractivity contribution is 5.99. The molecule has 8 nitrogen and oxygen atoms in total. The zero-order valence-corrected chi connectivity index (χ0v) is 27.7. The van der Waals surface area contributed by atoms with Gasteiger partial charge in [-0.25, -0.2) is 4.79 Å². The average molecular weight is 614 g/mol. The number of allylic oxidation sites excluding steroid dienone is 1. The van der Waals surface area contributed by atoms with E-state index in [9.17, 15) is 9.59 Å². The fraction of sp³-hybridized carbons (Fsp3) is 0.722. The highest BCUT2D eigenvalue weighted by Crippen LogP contribution is 2.40. The number of hydrogen-bond acceptors (Lipinski definition) is 7. The van der Waals surface area contributed by atoms with E-state index in [1.165, 1.54) is 19.3 Å². The minimum Gasteiger partial charge on any atom is -0.457 e. The second-order valence-corrected chi connectivity index (χ2v) is 14.1. The first kappa shape index (κ1) is 34.6. The highest BCUT2D eigenvalue weighted by Gasteiger charge is 2.63. The number of esters is 1. The van der Waals surface area contributed by atoms with Crippen molar-refractivity contribution in [1.29, 1.82) is 0 Å². The van der Waals surface area contributed by atoms with Gasteiger partial charge in [0.2, 0.25) is 0 Å². The largest absolute Gasteiger partial charge is 0.457 e. The summed E-state index contributed by atoms with van der Waals surface area (Å²) in [6, 6.07) is 8.83. The summed E-state index contributed by atoms with van der Waals surface area (Å²) < 4.78 is 30.6. The molecular weight excluding hydrogens is 558 g/mol. The van der Waals surface area contributed by atoms with Crippen LogP contribution in [0.5, 0.6) is 0 Å². The topological polar surface area (TPSA) is 92.3 Å². The van der Waals surface area contributed by atoms with Crippen molar-refractivity contribution < 1.29 is 33.3 Å². The van der Waals surface area contributed by atoms with Crippen LogP contribution < -0.4 is 5.32 Å². The maximum atomic E-state index is 13.2. The molecule has 0 saturated carbocycles. The van der Waals surface area contributed by atoms with Gasteiger partial charge in [-0.2, -0.15) is 0 Å². The fourth-order valence-electron chi connectivity index (χ4n) is 6.21. The summed E-state index contributed by atoms with van der Waals surface area (Å²) in [6.45, 7) is 11.8. The molecule has 0 radical (unpaired) electrons. The van der Waals surface area contributed by atoms with Crippen LogP contribution in [0.2, 0.25) is 0 Å². The molecule has 0 aliphatic carbocycles. The number of benzene rings is 1. The van der Waals surface area contributed by atoms with Crippen LogP contribution >= 0.6 is 0 Å². The van der Waals surface area contributed by atoms with E-state index < -0.39 is 35.3 Å². The lowest BCUT2D eigenvalue weighted by molar-refractivity contribution is -0.305. The predicted molar refractivity (Wildman–Crippen MR) is 170 cm³/mol. The van der Waals surface area contributed by atoms with Crippen LogP contribution in [0, 0.1) is 5.41 Å². The zero-order valence-electron chi connectivity index (χ0n) is 27.7. The fourth-order valence-corrected chi connectivity index (χ4v) is 6.21. The summed E-state index contributed by atoms with van der Waals surface area (Å²) in [6.07, 6.45) is 15.9. The number of rotatable bonds is 16. The van der Waals surface area contributed by atoms with E-state index >= 15 is 0 Å². The molecule has 0 spiro atoms. The Labute approximate surface area is 264 Å². The van der Waals surface area contributed by atoms with Gasteiger partial charge in [-0.05, 0) is 51.7 Å². The standard InChI is InChI=1S/C36H55NO7/c1-6-7-8-18-23-35(41-25-33(2,3)26-42-35)24-19-13-11-9-10-12-17-22-29-30-36(32(39)43-29,27-40-34(4,5)44-30)37-31(38)28-20-15-14-16-21-28/h12,14-17,20-21,29-30H,6-11,13,18-19,22-27H2,1-5H3,(H,37,38)/b17-12+/t29-,30+,36-/m1/s1. The van der Waals surface area contributed by atoms with E-state index in [4.69, 9.17) is 23.7 Å². The molecule has 0 aromatic heterocycles. The molecule has 3 atom stereocenters. The predicted octanol–water partition coefficient (Wildman–Crippen LogP) is 7.26. The first-order valence-electron chi connectivity index (χ1n) is 16.8. The molecule has 1 N–H and O–H groups in total. The monoisotopic (exact) mass is 613 g/mol. The second-order valence-electron chi connectivity index (χ2n) is 14.1. The van der Waals surface area contributed by atoms with Crippen molar-refractivity contribution >= 4 is 11.9 Å². The van der Waals surface area contributed by atoms with Crippen LogP contribution in [0.3, 0.4) is 0 Å². The van der Waals surface area contributed by atoms with Crippen molar-refractivity contribution in [1.82, 2.24) is 5.32 Å². The lowest BCUT2D eigenvalue weighted by atomic mass is 9.89. The number of hydrogen-bond donors (Lipinski definition) is 1. The molecule has 1 amide bonds. The molecule has 0 unspecified atom stereocenters. The van der Waals surface area contributed by atoms with Gasteiger partial charge in [0.1, 0.15) is 12.2 Å². The molecule has 0 bridgehead atoms. The number of ether oxygens (including phenoxy) is 5. The van der Waals surface area contributed by atoms with Crippen LogP contribution in [0.15, 0.2) is 42.5 Å². The Morgan fingerprint density at radius 3 is 2.20 bits per heavy atom. The Balaban J connectivity index is 1.21. The number of unbranched alkanes of at least 4 members (excludes halogenated alkanes) is 7. The molecule has 3 fully saturated rings. The van der Waals surface area contributed by atoms with E-state index in [-0.39, 0.29) is 17.9 Å². The van der Waals surface area contributed by atoms with E-state index in [0.29, 0.717) is 12.0 Å². The summed E-state index contributed by atoms with van der Waals surface area (Å²) in [7, 11) is 0. The van der Waals surface area contributed by atoms with Gasteiger partial charge in [-0.15, -0.1) is 0 Å². The maximum Gasteiger partial charge on any atom is 0.337 e. The minimum atomic E-state index is -1.38. The minimum absolute atomic E-state index is 0.00382. The van der Waals surface area contributed by atoms with E-state index in [1.807, 2.05) is 19.9 Å². The van der Waals surface area contributed by atoms with Crippen molar-refractivity contribution in [3.63, 3.8) is 0 Å². The Hall–Kier alpha value is -2.26. The number of amides is 1. The van der Waals surface area contributed by atoms with Crippen LogP contribution in [0.4, 0.5) is 0 Å². The number of carbonyl (C=O) groups excluding carboxylic acids is 2. The SMILES string of the molecule is CCCCCCC1(CCCCCC/C=C/C[C@H]2OC(=O)[C@@]3(NC(=O)c4ccccc4)COC(C)(C)O[C@@H]23)OCC(C)(C)CO1. The first-order valence-corrected chi connectivity index (χ1v) is 16.8. The van der Waals surface area contributed by atoms with Crippen molar-refractivity contribution in [2.75, 3.05) is 19.8 Å². The van der Waals surface area contributed by atoms with Crippen molar-refractivity contribution in [2.45, 2.75) is 141 Å². The molecule has 8 heteroatoms. The summed E-state index contributed by atoms with van der Waals surface area (Å²) in [5, 5.41) is 2.90. The lowest BCUT2D eigenvalue weighted by Gasteiger charge is -2.44. The van der Waals surface area contributed by atoms with Crippen molar-refractivity contribution in [3.8, 4) is 0 Å². The Bertz CT molecular complexity index is 1090. The highest BCUT2D eigenvalue weighted by atomic mass is 16.7. The molecule has 3 heterocycles. The number of carbonyl (C=O) groups is 2. The molecular formula is C36H55NO7. The Kier molecular flexibility index (Phi) is 12.1. The van der Waals surface area contributed by atoms with Gasteiger partial charge in [0.15, 0.2) is 17.1 Å². The van der Waals surface area contributed by atoms with Gasteiger partial charge in [0, 0.05) is 30.2 Å². The Morgan fingerprint density at radius 2 is 1.52 bits per heavy atom. The van der Waals surface area contributed by atoms with Gasteiger partial charge in [0.25, 0.3) is 5.91 Å². The molecule has 1 aromatic carbocycles. The third-order valence-corrected chi connectivity index (χ3v) is 8.95. The maximum absolute atomic E-state index is 13.2. The summed E-state index contributed by atoms with van der Waals surface area (Å²) >= 11 is 0. The normalized spacial score (nSPS) is 27.2. The van der Waals surface area contributed by atoms with Crippen molar-refractivity contribution in [3.05, 3.63) is 48.0 Å². The van der Waals surface area contributed by atoms with E-state index in [0.717, 1.165) is 64.6 Å². The third kappa shape index (κ3) is 9.15. The molecule has 246 valence electrons. The van der Waals surface area contributed by atoms with Crippen LogP contribution in [-0.2, 0) is 28.5 Å². The quantitative estimate of drug-likeness (QED) is 0.119. The molecule has 3 saturated heterocycles. The summed E-state index contributed by atoms with van der Waals surface area (Å²) in [5.41, 5.74) is -0.831. The second kappa shape index (κ2) is 15.4. The molecule has 1 aromatic rings. The first-order chi connectivity index (χ1) is 21.0. The molecule has 4 rings (SSSR count). The van der Waals surface area contributed by atoms with Crippen LogP contribution in [-0.4, -0.2) is 61.0 Å². The summed E-state index contributed by atoms with van der Waals surface area (Å²) in [4.78, 5) is 26.2. The van der Waals surface area contributed by atoms with Gasteiger partial charge in [0.05, 0.1) is 19.8 Å². The average Bonchev–Trinajstić information content (AvgIpc) is 3.25. The van der Waals surface area contributed by atoms with Crippen molar-refractivity contribution in [2.24, 2.45) is 5.41 Å². The van der Waals surface area contributed by atoms with E-state index in [2.05, 4.69) is 38.2 Å². The summed E-state index contributed by atoms with van der Waals surface area (Å²) in [5.74, 6) is -2.17. The number of fused-ring (bicyclic) bond motifs is 1. The van der Waals surface area contributed by atoms with E-state index in [1.54, 1.807) is 24.3 Å². The van der Waals surface area contributed by atoms with Crippen LogP contribution in [0.25, 0.3) is 0 Å². The third-order valence-electron chi connectivity index (χ3n) is 8.95.